The van der Waals surface area contributed by atoms with Crippen molar-refractivity contribution in [2.24, 2.45) is 4.99 Å². The van der Waals surface area contributed by atoms with Crippen LogP contribution in [0.4, 0.5) is 0 Å². The Bertz CT molecular complexity index is 753. The largest absolute Gasteiger partial charge is 0.357 e. The van der Waals surface area contributed by atoms with Gasteiger partial charge in [0.25, 0.3) is 5.91 Å². The highest BCUT2D eigenvalue weighted by Gasteiger charge is 2.28. The molecule has 0 bridgehead atoms. The molecule has 1 unspecified atom stereocenters. The maximum Gasteiger partial charge on any atom is 0.251 e. The fourth-order valence-corrected chi connectivity index (χ4v) is 4.42. The van der Waals surface area contributed by atoms with E-state index in [9.17, 15) is 13.2 Å². The average molecular weight is 508 g/mol. The quantitative estimate of drug-likeness (QED) is 0.296. The number of carbonyl (C=O) groups excluding carboxylic acids is 1. The van der Waals surface area contributed by atoms with E-state index in [1.54, 1.807) is 6.07 Å². The molecule has 1 amide bonds. The van der Waals surface area contributed by atoms with Gasteiger partial charge in [0, 0.05) is 24.7 Å². The minimum absolute atomic E-state index is 0. The second kappa shape index (κ2) is 11.5. The van der Waals surface area contributed by atoms with Crippen LogP contribution >= 0.6 is 24.0 Å². The minimum atomic E-state index is -2.94. The Kier molecular flexibility index (Phi) is 10.1. The van der Waals surface area contributed by atoms with Gasteiger partial charge >= 0.3 is 0 Å². The van der Waals surface area contributed by atoms with Gasteiger partial charge in [0.2, 0.25) is 0 Å². The number of nitrogens with one attached hydrogen (secondary N) is 3. The molecule has 1 saturated heterocycles. The number of hydrogen-bond donors (Lipinski definition) is 3. The lowest BCUT2D eigenvalue weighted by molar-refractivity contribution is 0.0953. The van der Waals surface area contributed by atoms with Crippen molar-refractivity contribution in [1.29, 1.82) is 0 Å². The van der Waals surface area contributed by atoms with Crippen LogP contribution in [-0.4, -0.2) is 50.9 Å². The third kappa shape index (κ3) is 8.04. The fraction of sp³-hybridized carbons (Fsp3) is 0.556. The van der Waals surface area contributed by atoms with E-state index in [1.807, 2.05) is 32.0 Å². The third-order valence-electron chi connectivity index (χ3n) is 4.06. The molecule has 0 aromatic heterocycles. The maximum atomic E-state index is 12.1. The van der Waals surface area contributed by atoms with Crippen LogP contribution in [0, 0.1) is 0 Å². The van der Waals surface area contributed by atoms with Gasteiger partial charge in [-0.05, 0) is 37.5 Å². The first kappa shape index (κ1) is 23.7. The number of amides is 1. The Hall–Kier alpha value is -1.36. The van der Waals surface area contributed by atoms with Gasteiger partial charge < -0.3 is 16.0 Å². The Morgan fingerprint density at radius 3 is 2.67 bits per heavy atom. The predicted octanol–water partition coefficient (Wildman–Crippen LogP) is 1.69. The maximum absolute atomic E-state index is 12.1. The van der Waals surface area contributed by atoms with Crippen LogP contribution in [-0.2, 0) is 16.4 Å². The first-order valence-electron chi connectivity index (χ1n) is 9.06. The molecular weight excluding hydrogens is 479 g/mol. The van der Waals surface area contributed by atoms with E-state index in [2.05, 4.69) is 20.9 Å². The molecule has 1 aliphatic rings. The summed E-state index contributed by atoms with van der Waals surface area (Å²) >= 11 is 0. The normalized spacial score (nSPS) is 18.4. The molecule has 0 aliphatic carbocycles. The fourth-order valence-electron chi connectivity index (χ4n) is 2.74. The molecule has 1 aliphatic heterocycles. The van der Waals surface area contributed by atoms with Crippen LogP contribution in [0.1, 0.15) is 42.6 Å². The lowest BCUT2D eigenvalue weighted by Gasteiger charge is -2.15. The second-order valence-electron chi connectivity index (χ2n) is 6.40. The van der Waals surface area contributed by atoms with E-state index in [1.165, 1.54) is 0 Å². The van der Waals surface area contributed by atoms with Crippen molar-refractivity contribution in [2.75, 3.05) is 24.6 Å². The van der Waals surface area contributed by atoms with Crippen molar-refractivity contribution in [3.63, 3.8) is 0 Å². The molecule has 7 nitrogen and oxygen atoms in total. The molecule has 1 fully saturated rings. The SMILES string of the molecule is CCCNC(=O)c1cccc(CN=C(NCC)NC2CCS(=O)(=O)C2)c1.I. The van der Waals surface area contributed by atoms with Crippen molar-refractivity contribution in [2.45, 2.75) is 39.3 Å². The van der Waals surface area contributed by atoms with Crippen LogP contribution in [0.25, 0.3) is 0 Å². The first-order valence-corrected chi connectivity index (χ1v) is 10.9. The van der Waals surface area contributed by atoms with Gasteiger partial charge in [0.15, 0.2) is 15.8 Å². The summed E-state index contributed by atoms with van der Waals surface area (Å²) in [6.07, 6.45) is 1.49. The topological polar surface area (TPSA) is 99.7 Å². The molecule has 0 radical (unpaired) electrons. The number of nitrogens with zero attached hydrogens (tertiary/aromatic N) is 1. The number of carbonyl (C=O) groups is 1. The van der Waals surface area contributed by atoms with Gasteiger partial charge in [0.05, 0.1) is 18.1 Å². The Morgan fingerprint density at radius 1 is 1.26 bits per heavy atom. The van der Waals surface area contributed by atoms with Gasteiger partial charge in [-0.2, -0.15) is 0 Å². The zero-order valence-corrected chi connectivity index (χ0v) is 19.0. The summed E-state index contributed by atoms with van der Waals surface area (Å²) in [5.74, 6) is 0.873. The molecule has 0 spiro atoms. The number of rotatable bonds is 7. The van der Waals surface area contributed by atoms with E-state index >= 15 is 0 Å². The van der Waals surface area contributed by atoms with Gasteiger partial charge in [-0.3, -0.25) is 4.79 Å². The van der Waals surface area contributed by atoms with E-state index in [0.717, 1.165) is 12.0 Å². The number of aliphatic imine (C=N–C) groups is 1. The summed E-state index contributed by atoms with van der Waals surface area (Å²) in [5.41, 5.74) is 1.54. The van der Waals surface area contributed by atoms with Crippen molar-refractivity contribution in [3.05, 3.63) is 35.4 Å². The van der Waals surface area contributed by atoms with Crippen molar-refractivity contribution in [1.82, 2.24) is 16.0 Å². The van der Waals surface area contributed by atoms with Crippen molar-refractivity contribution >= 4 is 45.7 Å². The highest BCUT2D eigenvalue weighted by molar-refractivity contribution is 14.0. The molecule has 27 heavy (non-hydrogen) atoms. The summed E-state index contributed by atoms with van der Waals surface area (Å²) < 4.78 is 23.2. The lowest BCUT2D eigenvalue weighted by Crippen LogP contribution is -2.44. The molecule has 0 saturated carbocycles. The molecule has 152 valence electrons. The summed E-state index contributed by atoms with van der Waals surface area (Å²) in [7, 11) is -2.94. The summed E-state index contributed by atoms with van der Waals surface area (Å²) in [6, 6.07) is 7.27. The Labute approximate surface area is 178 Å². The zero-order valence-electron chi connectivity index (χ0n) is 15.8. The van der Waals surface area contributed by atoms with Crippen LogP contribution in [0.3, 0.4) is 0 Å². The third-order valence-corrected chi connectivity index (χ3v) is 5.83. The predicted molar refractivity (Wildman–Crippen MR) is 119 cm³/mol. The van der Waals surface area contributed by atoms with Gasteiger partial charge in [-0.15, -0.1) is 24.0 Å². The van der Waals surface area contributed by atoms with Gasteiger partial charge in [-0.25, -0.2) is 13.4 Å². The minimum Gasteiger partial charge on any atom is -0.357 e. The summed E-state index contributed by atoms with van der Waals surface area (Å²) in [6.45, 7) is 5.71. The highest BCUT2D eigenvalue weighted by atomic mass is 127. The number of benzene rings is 1. The summed E-state index contributed by atoms with van der Waals surface area (Å²) in [4.78, 5) is 16.6. The van der Waals surface area contributed by atoms with Crippen LogP contribution in [0.15, 0.2) is 29.3 Å². The van der Waals surface area contributed by atoms with E-state index in [0.29, 0.717) is 37.6 Å². The number of guanidine groups is 1. The van der Waals surface area contributed by atoms with E-state index < -0.39 is 9.84 Å². The molecule has 2 rings (SSSR count). The van der Waals surface area contributed by atoms with Crippen LogP contribution in [0.2, 0.25) is 0 Å². The molecule has 1 heterocycles. The number of halogens is 1. The Balaban J connectivity index is 0.00000364. The zero-order chi connectivity index (χ0) is 19.0. The van der Waals surface area contributed by atoms with Gasteiger partial charge in [-0.1, -0.05) is 19.1 Å². The average Bonchev–Trinajstić information content (AvgIpc) is 2.96. The molecular formula is C18H29IN4O3S. The first-order chi connectivity index (χ1) is 12.4. The number of sulfone groups is 1. The lowest BCUT2D eigenvalue weighted by atomic mass is 10.1. The summed E-state index contributed by atoms with van der Waals surface area (Å²) in [5, 5.41) is 9.19. The monoisotopic (exact) mass is 508 g/mol. The van der Waals surface area contributed by atoms with Crippen LogP contribution in [0.5, 0.6) is 0 Å². The highest BCUT2D eigenvalue weighted by Crippen LogP contribution is 2.11. The molecule has 1 aromatic rings. The van der Waals surface area contributed by atoms with Crippen LogP contribution < -0.4 is 16.0 Å². The Morgan fingerprint density at radius 2 is 2.04 bits per heavy atom. The smallest absolute Gasteiger partial charge is 0.251 e. The van der Waals surface area contributed by atoms with E-state index in [-0.39, 0.29) is 47.4 Å². The van der Waals surface area contributed by atoms with Gasteiger partial charge in [0.1, 0.15) is 0 Å². The van der Waals surface area contributed by atoms with Crippen molar-refractivity contribution < 1.29 is 13.2 Å². The second-order valence-corrected chi connectivity index (χ2v) is 8.62. The molecule has 1 aromatic carbocycles. The number of hydrogen-bond acceptors (Lipinski definition) is 4. The standard InChI is InChI=1S/C18H28N4O3S.HI/c1-3-9-20-17(23)15-7-5-6-14(11-15)12-21-18(19-4-2)22-16-8-10-26(24,25)13-16;/h5-7,11,16H,3-4,8-10,12-13H2,1-2H3,(H,20,23)(H2,19,21,22);1H. The molecule has 3 N–H and O–H groups in total. The van der Waals surface area contributed by atoms with E-state index in [4.69, 9.17) is 0 Å². The van der Waals surface area contributed by atoms with Crippen molar-refractivity contribution in [3.8, 4) is 0 Å². The molecule has 1 atom stereocenters. The molecule has 9 heteroatoms.